The Labute approximate surface area is 268 Å². The van der Waals surface area contributed by atoms with Crippen molar-refractivity contribution in [2.45, 2.75) is 5.41 Å². The maximum absolute atomic E-state index is 10.9. The number of hydrogen-bond acceptors (Lipinski definition) is 5. The molecule has 0 bridgehead atoms. The number of aliphatic hydroxyl groups is 1. The SMILES string of the molecule is O=NCCOc1ccc(C2(c3ccc(OCCO)c(-c4ccccc4)c3)c3ccccc3-c3ccccc32)cc1-c1ccccc1. The van der Waals surface area contributed by atoms with Gasteiger partial charge in [0.25, 0.3) is 0 Å². The lowest BCUT2D eigenvalue weighted by Crippen LogP contribution is -2.29. The van der Waals surface area contributed by atoms with Crippen molar-refractivity contribution in [3.8, 4) is 44.9 Å². The molecule has 0 amide bonds. The van der Waals surface area contributed by atoms with Crippen LogP contribution in [0.2, 0.25) is 0 Å². The van der Waals surface area contributed by atoms with Crippen molar-refractivity contribution in [3.05, 3.63) is 173 Å². The molecular formula is C41H33NO4. The fourth-order valence-corrected chi connectivity index (χ4v) is 6.84. The minimum Gasteiger partial charge on any atom is -0.491 e. The molecule has 0 aliphatic heterocycles. The molecule has 0 saturated heterocycles. The third-order valence-corrected chi connectivity index (χ3v) is 8.74. The van der Waals surface area contributed by atoms with Gasteiger partial charge in [0.1, 0.15) is 31.3 Å². The van der Waals surface area contributed by atoms with Crippen LogP contribution < -0.4 is 9.47 Å². The molecule has 46 heavy (non-hydrogen) atoms. The molecule has 6 aromatic rings. The number of rotatable bonds is 11. The molecule has 0 radical (unpaired) electrons. The fraction of sp³-hybridized carbons (Fsp3) is 0.122. The maximum Gasteiger partial charge on any atom is 0.127 e. The van der Waals surface area contributed by atoms with Crippen LogP contribution in [0.4, 0.5) is 0 Å². The van der Waals surface area contributed by atoms with Gasteiger partial charge in [0.05, 0.1) is 12.0 Å². The summed E-state index contributed by atoms with van der Waals surface area (Å²) in [6.45, 7) is 0.417. The molecule has 5 heteroatoms. The lowest BCUT2D eigenvalue weighted by Gasteiger charge is -2.35. The van der Waals surface area contributed by atoms with Crippen molar-refractivity contribution < 1.29 is 14.6 Å². The van der Waals surface area contributed by atoms with Gasteiger partial charge in [-0.05, 0) is 68.8 Å². The Kier molecular flexibility index (Phi) is 8.15. The number of fused-ring (bicyclic) bond motifs is 3. The van der Waals surface area contributed by atoms with Crippen LogP contribution in [-0.4, -0.2) is 31.5 Å². The first-order valence-electron chi connectivity index (χ1n) is 15.5. The molecule has 1 N–H and O–H groups in total. The second-order valence-corrected chi connectivity index (χ2v) is 11.3. The number of ether oxygens (including phenoxy) is 2. The minimum absolute atomic E-state index is 0.0692. The number of benzene rings is 6. The number of aliphatic hydroxyl groups excluding tert-OH is 1. The topological polar surface area (TPSA) is 68.1 Å². The lowest BCUT2D eigenvalue weighted by molar-refractivity contribution is 0.202. The van der Waals surface area contributed by atoms with Crippen LogP contribution in [0.25, 0.3) is 33.4 Å². The van der Waals surface area contributed by atoms with E-state index in [4.69, 9.17) is 9.47 Å². The van der Waals surface area contributed by atoms with Crippen LogP contribution in [0.3, 0.4) is 0 Å². The molecule has 7 rings (SSSR count). The van der Waals surface area contributed by atoms with Gasteiger partial charge < -0.3 is 14.6 Å². The second-order valence-electron chi connectivity index (χ2n) is 11.3. The number of nitrogens with zero attached hydrogens (tertiary/aromatic N) is 1. The van der Waals surface area contributed by atoms with Crippen LogP contribution in [-0.2, 0) is 5.41 Å². The molecule has 0 spiro atoms. The van der Waals surface area contributed by atoms with Crippen LogP contribution in [0, 0.1) is 4.91 Å². The molecule has 0 aromatic heterocycles. The van der Waals surface area contributed by atoms with Crippen molar-refractivity contribution in [1.29, 1.82) is 0 Å². The normalized spacial score (nSPS) is 12.6. The van der Waals surface area contributed by atoms with E-state index in [0.717, 1.165) is 39.1 Å². The van der Waals surface area contributed by atoms with Gasteiger partial charge in [0.15, 0.2) is 0 Å². The fourth-order valence-electron chi connectivity index (χ4n) is 6.84. The quantitative estimate of drug-likeness (QED) is 0.118. The first kappa shape index (κ1) is 29.2. The molecular weight excluding hydrogens is 570 g/mol. The summed E-state index contributed by atoms with van der Waals surface area (Å²) in [7, 11) is 0. The third-order valence-electron chi connectivity index (χ3n) is 8.74. The van der Waals surface area contributed by atoms with Gasteiger partial charge in [-0.15, -0.1) is 0 Å². The molecule has 5 nitrogen and oxygen atoms in total. The first-order valence-corrected chi connectivity index (χ1v) is 15.5. The van der Waals surface area contributed by atoms with E-state index in [2.05, 4.69) is 102 Å². The highest BCUT2D eigenvalue weighted by Gasteiger charge is 2.46. The predicted molar refractivity (Wildman–Crippen MR) is 183 cm³/mol. The molecule has 1 aliphatic rings. The van der Waals surface area contributed by atoms with Crippen molar-refractivity contribution in [1.82, 2.24) is 0 Å². The Balaban J connectivity index is 1.53. The zero-order valence-electron chi connectivity index (χ0n) is 25.3. The van der Waals surface area contributed by atoms with E-state index in [-0.39, 0.29) is 26.4 Å². The van der Waals surface area contributed by atoms with Crippen LogP contribution >= 0.6 is 0 Å². The van der Waals surface area contributed by atoms with Gasteiger partial charge in [-0.2, -0.15) is 4.91 Å². The van der Waals surface area contributed by atoms with Gasteiger partial charge in [-0.1, -0.05) is 127 Å². The smallest absolute Gasteiger partial charge is 0.127 e. The average Bonchev–Trinajstić information content (AvgIpc) is 3.43. The maximum atomic E-state index is 10.9. The molecule has 0 heterocycles. The summed E-state index contributed by atoms with van der Waals surface area (Å²) in [6.07, 6.45) is 0. The number of hydrogen-bond donors (Lipinski definition) is 1. The molecule has 0 atom stereocenters. The predicted octanol–water partition coefficient (Wildman–Crippen LogP) is 8.90. The molecule has 6 aromatic carbocycles. The monoisotopic (exact) mass is 603 g/mol. The van der Waals surface area contributed by atoms with E-state index >= 15 is 0 Å². The Bertz CT molecular complexity index is 1940. The summed E-state index contributed by atoms with van der Waals surface area (Å²) < 4.78 is 12.2. The van der Waals surface area contributed by atoms with Crippen LogP contribution in [0.5, 0.6) is 11.5 Å². The van der Waals surface area contributed by atoms with Crippen molar-refractivity contribution in [2.24, 2.45) is 5.18 Å². The standard InChI is InChI=1S/C41H33NO4/c43-24-26-46-40-22-20-32(28-36(40)30-13-5-2-6-14-30)41(37-17-9-7-15-33(37)34-16-8-10-18-38(34)41)31-19-21-39(45-25-23-42-44)35(27-31)29-11-3-1-4-12-29/h1-22,27-28,43H,23-26H2. The van der Waals surface area contributed by atoms with E-state index in [9.17, 15) is 10.0 Å². The Morgan fingerprint density at radius 2 is 0.978 bits per heavy atom. The van der Waals surface area contributed by atoms with Crippen molar-refractivity contribution in [3.63, 3.8) is 0 Å². The lowest BCUT2D eigenvalue weighted by atomic mass is 9.67. The Morgan fingerprint density at radius 3 is 1.46 bits per heavy atom. The van der Waals surface area contributed by atoms with Crippen LogP contribution in [0.1, 0.15) is 22.3 Å². The molecule has 0 fully saturated rings. The van der Waals surface area contributed by atoms with Gasteiger partial charge in [-0.25, -0.2) is 0 Å². The molecule has 1 aliphatic carbocycles. The summed E-state index contributed by atoms with van der Waals surface area (Å²) >= 11 is 0. The Hall–Kier alpha value is -5.52. The van der Waals surface area contributed by atoms with E-state index in [1.54, 1.807) is 0 Å². The summed E-state index contributed by atoms with van der Waals surface area (Å²) in [5, 5.41) is 12.6. The van der Waals surface area contributed by atoms with E-state index in [1.807, 2.05) is 48.5 Å². The summed E-state index contributed by atoms with van der Waals surface area (Å²) in [4.78, 5) is 10.9. The third kappa shape index (κ3) is 5.05. The first-order chi connectivity index (χ1) is 22.8. The summed E-state index contributed by atoms with van der Waals surface area (Å²) in [5.74, 6) is 1.42. The summed E-state index contributed by atoms with van der Waals surface area (Å²) in [5.41, 5.74) is 10.2. The average molecular weight is 604 g/mol. The molecule has 0 saturated carbocycles. The highest BCUT2D eigenvalue weighted by atomic mass is 16.5. The molecule has 0 unspecified atom stereocenters. The largest absolute Gasteiger partial charge is 0.491 e. The van der Waals surface area contributed by atoms with E-state index < -0.39 is 5.41 Å². The van der Waals surface area contributed by atoms with Gasteiger partial charge in [0, 0.05) is 11.1 Å². The van der Waals surface area contributed by atoms with E-state index in [0.29, 0.717) is 5.75 Å². The second kappa shape index (κ2) is 12.8. The zero-order valence-corrected chi connectivity index (χ0v) is 25.3. The number of nitroso groups, excluding NO2 is 1. The highest BCUT2D eigenvalue weighted by Crippen LogP contribution is 2.57. The van der Waals surface area contributed by atoms with Crippen molar-refractivity contribution in [2.75, 3.05) is 26.4 Å². The Morgan fingerprint density at radius 1 is 0.522 bits per heavy atom. The van der Waals surface area contributed by atoms with Gasteiger partial charge in [-0.3, -0.25) is 0 Å². The molecule has 226 valence electrons. The summed E-state index contributed by atoms with van der Waals surface area (Å²) in [6, 6.07) is 50.5. The van der Waals surface area contributed by atoms with Gasteiger partial charge >= 0.3 is 0 Å². The minimum atomic E-state index is -0.668. The zero-order chi connectivity index (χ0) is 31.3. The van der Waals surface area contributed by atoms with Crippen LogP contribution in [0.15, 0.2) is 151 Å². The van der Waals surface area contributed by atoms with Gasteiger partial charge in [0.2, 0.25) is 0 Å². The van der Waals surface area contributed by atoms with E-state index in [1.165, 1.54) is 22.3 Å². The highest BCUT2D eigenvalue weighted by molar-refractivity contribution is 5.88. The van der Waals surface area contributed by atoms with Crippen molar-refractivity contribution >= 4 is 0 Å².